The molecule has 2 N–H and O–H groups in total. The SMILES string of the molecule is Cc1cc(Cl)ccc1NC(=O)CCCNC(=O)C(C)(C)C. The van der Waals surface area contributed by atoms with Crippen LogP contribution in [0.15, 0.2) is 18.2 Å². The third kappa shape index (κ3) is 6.17. The Balaban J connectivity index is 2.33. The summed E-state index contributed by atoms with van der Waals surface area (Å²) in [5.74, 6) is -0.0677. The Labute approximate surface area is 131 Å². The first-order chi connectivity index (χ1) is 9.70. The molecule has 116 valence electrons. The molecule has 0 spiro atoms. The Bertz CT molecular complexity index is 521. The average Bonchev–Trinajstić information content (AvgIpc) is 2.36. The zero-order chi connectivity index (χ0) is 16.0. The fraction of sp³-hybridized carbons (Fsp3) is 0.500. The minimum atomic E-state index is -0.400. The van der Waals surface area contributed by atoms with E-state index in [0.717, 1.165) is 11.3 Å². The van der Waals surface area contributed by atoms with Gasteiger partial charge in [0.1, 0.15) is 0 Å². The molecule has 1 rings (SSSR count). The normalized spacial score (nSPS) is 11.1. The van der Waals surface area contributed by atoms with Gasteiger partial charge in [-0.05, 0) is 37.1 Å². The van der Waals surface area contributed by atoms with Crippen molar-refractivity contribution < 1.29 is 9.59 Å². The molecule has 0 saturated carbocycles. The zero-order valence-electron chi connectivity index (χ0n) is 13.0. The van der Waals surface area contributed by atoms with Crippen molar-refractivity contribution in [2.75, 3.05) is 11.9 Å². The lowest BCUT2D eigenvalue weighted by Gasteiger charge is -2.17. The van der Waals surface area contributed by atoms with Gasteiger partial charge in [0, 0.05) is 29.1 Å². The van der Waals surface area contributed by atoms with E-state index in [0.29, 0.717) is 24.4 Å². The molecular formula is C16H23ClN2O2. The van der Waals surface area contributed by atoms with Crippen LogP contribution in [-0.2, 0) is 9.59 Å². The van der Waals surface area contributed by atoms with E-state index in [2.05, 4.69) is 10.6 Å². The Kier molecular flexibility index (Phi) is 6.21. The summed E-state index contributed by atoms with van der Waals surface area (Å²) < 4.78 is 0. The summed E-state index contributed by atoms with van der Waals surface area (Å²) in [6.07, 6.45) is 0.979. The summed E-state index contributed by atoms with van der Waals surface area (Å²) in [5, 5.41) is 6.32. The minimum absolute atomic E-state index is 0.00328. The predicted molar refractivity (Wildman–Crippen MR) is 86.5 cm³/mol. The molecule has 21 heavy (non-hydrogen) atoms. The van der Waals surface area contributed by atoms with Crippen LogP contribution in [-0.4, -0.2) is 18.4 Å². The summed E-state index contributed by atoms with van der Waals surface area (Å²) in [6, 6.07) is 5.34. The van der Waals surface area contributed by atoms with Gasteiger partial charge in [-0.2, -0.15) is 0 Å². The van der Waals surface area contributed by atoms with Crippen molar-refractivity contribution in [1.82, 2.24) is 5.32 Å². The third-order valence-electron chi connectivity index (χ3n) is 3.01. The van der Waals surface area contributed by atoms with Gasteiger partial charge in [-0.15, -0.1) is 0 Å². The second-order valence-electron chi connectivity index (χ2n) is 6.12. The molecule has 4 nitrogen and oxygen atoms in total. The predicted octanol–water partition coefficient (Wildman–Crippen LogP) is 3.53. The van der Waals surface area contributed by atoms with Crippen molar-refractivity contribution in [3.8, 4) is 0 Å². The number of anilines is 1. The number of carbonyl (C=O) groups excluding carboxylic acids is 2. The van der Waals surface area contributed by atoms with Crippen LogP contribution in [0.25, 0.3) is 0 Å². The molecule has 0 saturated heterocycles. The summed E-state index contributed by atoms with van der Waals surface area (Å²) >= 11 is 5.87. The van der Waals surface area contributed by atoms with E-state index in [-0.39, 0.29) is 11.8 Å². The Hall–Kier alpha value is -1.55. The number of nitrogens with one attached hydrogen (secondary N) is 2. The largest absolute Gasteiger partial charge is 0.356 e. The molecule has 0 heterocycles. The number of hydrogen-bond acceptors (Lipinski definition) is 2. The third-order valence-corrected chi connectivity index (χ3v) is 3.24. The number of benzene rings is 1. The van der Waals surface area contributed by atoms with Gasteiger partial charge in [0.2, 0.25) is 11.8 Å². The van der Waals surface area contributed by atoms with E-state index in [1.165, 1.54) is 0 Å². The standard InChI is InChI=1S/C16H23ClN2O2/c1-11-10-12(17)7-8-13(11)19-14(20)6-5-9-18-15(21)16(2,3)4/h7-8,10H,5-6,9H2,1-4H3,(H,18,21)(H,19,20). The summed E-state index contributed by atoms with van der Waals surface area (Å²) in [4.78, 5) is 23.5. The zero-order valence-corrected chi connectivity index (χ0v) is 13.8. The molecule has 0 atom stereocenters. The molecule has 0 bridgehead atoms. The molecular weight excluding hydrogens is 288 g/mol. The lowest BCUT2D eigenvalue weighted by atomic mass is 9.96. The Morgan fingerprint density at radius 2 is 1.90 bits per heavy atom. The number of rotatable bonds is 5. The van der Waals surface area contributed by atoms with Crippen molar-refractivity contribution in [1.29, 1.82) is 0 Å². The van der Waals surface area contributed by atoms with Gasteiger partial charge >= 0.3 is 0 Å². The highest BCUT2D eigenvalue weighted by Gasteiger charge is 2.20. The molecule has 0 aliphatic rings. The molecule has 1 aromatic rings. The van der Waals surface area contributed by atoms with Gasteiger partial charge in [0.25, 0.3) is 0 Å². The lowest BCUT2D eigenvalue weighted by Crippen LogP contribution is -2.35. The molecule has 0 fully saturated rings. The monoisotopic (exact) mass is 310 g/mol. The smallest absolute Gasteiger partial charge is 0.225 e. The molecule has 0 aliphatic carbocycles. The molecule has 0 aliphatic heterocycles. The second-order valence-corrected chi connectivity index (χ2v) is 6.55. The highest BCUT2D eigenvalue weighted by Crippen LogP contribution is 2.19. The van der Waals surface area contributed by atoms with Gasteiger partial charge in [0.15, 0.2) is 0 Å². The van der Waals surface area contributed by atoms with Crippen LogP contribution in [0.5, 0.6) is 0 Å². The maximum Gasteiger partial charge on any atom is 0.225 e. The number of hydrogen-bond donors (Lipinski definition) is 2. The van der Waals surface area contributed by atoms with Crippen LogP contribution in [0.3, 0.4) is 0 Å². The number of carbonyl (C=O) groups is 2. The summed E-state index contributed by atoms with van der Waals surface area (Å²) in [6.45, 7) is 7.98. The minimum Gasteiger partial charge on any atom is -0.356 e. The van der Waals surface area contributed by atoms with E-state index in [1.54, 1.807) is 18.2 Å². The van der Waals surface area contributed by atoms with Crippen molar-refractivity contribution in [3.05, 3.63) is 28.8 Å². The second kappa shape index (κ2) is 7.46. The van der Waals surface area contributed by atoms with E-state index in [4.69, 9.17) is 11.6 Å². The van der Waals surface area contributed by atoms with Gasteiger partial charge in [-0.1, -0.05) is 32.4 Å². The van der Waals surface area contributed by atoms with Crippen molar-refractivity contribution in [2.24, 2.45) is 5.41 Å². The van der Waals surface area contributed by atoms with Crippen LogP contribution < -0.4 is 10.6 Å². The molecule has 2 amide bonds. The first-order valence-corrected chi connectivity index (χ1v) is 7.42. The van der Waals surface area contributed by atoms with Gasteiger partial charge in [-0.3, -0.25) is 9.59 Å². The maximum atomic E-state index is 11.8. The first-order valence-electron chi connectivity index (χ1n) is 7.04. The number of aryl methyl sites for hydroxylation is 1. The molecule has 0 radical (unpaired) electrons. The summed E-state index contributed by atoms with van der Waals surface area (Å²) in [5.41, 5.74) is 1.29. The highest BCUT2D eigenvalue weighted by molar-refractivity contribution is 6.30. The molecule has 0 unspecified atom stereocenters. The molecule has 1 aromatic carbocycles. The lowest BCUT2D eigenvalue weighted by molar-refractivity contribution is -0.128. The summed E-state index contributed by atoms with van der Waals surface area (Å²) in [7, 11) is 0. The number of halogens is 1. The van der Waals surface area contributed by atoms with Crippen LogP contribution in [0.4, 0.5) is 5.69 Å². The van der Waals surface area contributed by atoms with Crippen LogP contribution in [0, 0.1) is 12.3 Å². The van der Waals surface area contributed by atoms with Gasteiger partial charge < -0.3 is 10.6 Å². The fourth-order valence-electron chi connectivity index (χ4n) is 1.70. The van der Waals surface area contributed by atoms with Gasteiger partial charge in [-0.25, -0.2) is 0 Å². The van der Waals surface area contributed by atoms with Crippen molar-refractivity contribution in [2.45, 2.75) is 40.5 Å². The van der Waals surface area contributed by atoms with Crippen LogP contribution in [0.1, 0.15) is 39.2 Å². The van der Waals surface area contributed by atoms with E-state index < -0.39 is 5.41 Å². The maximum absolute atomic E-state index is 11.8. The Morgan fingerprint density at radius 1 is 1.24 bits per heavy atom. The quantitative estimate of drug-likeness (QED) is 0.817. The number of amides is 2. The average molecular weight is 311 g/mol. The van der Waals surface area contributed by atoms with E-state index in [1.807, 2.05) is 27.7 Å². The van der Waals surface area contributed by atoms with Crippen molar-refractivity contribution in [3.63, 3.8) is 0 Å². The van der Waals surface area contributed by atoms with Crippen LogP contribution in [0.2, 0.25) is 5.02 Å². The van der Waals surface area contributed by atoms with Gasteiger partial charge in [0.05, 0.1) is 0 Å². The molecule has 0 aromatic heterocycles. The van der Waals surface area contributed by atoms with E-state index >= 15 is 0 Å². The van der Waals surface area contributed by atoms with Crippen LogP contribution >= 0.6 is 11.6 Å². The molecule has 5 heteroatoms. The fourth-order valence-corrected chi connectivity index (χ4v) is 1.92. The topological polar surface area (TPSA) is 58.2 Å². The van der Waals surface area contributed by atoms with E-state index in [9.17, 15) is 9.59 Å². The first kappa shape index (κ1) is 17.5. The van der Waals surface area contributed by atoms with Crippen molar-refractivity contribution >= 4 is 29.1 Å². The highest BCUT2D eigenvalue weighted by atomic mass is 35.5. The Morgan fingerprint density at radius 3 is 2.48 bits per heavy atom.